The van der Waals surface area contributed by atoms with E-state index in [2.05, 4.69) is 266 Å². The fraction of sp³-hybridized carbons (Fsp3) is 0.0361. The van der Waals surface area contributed by atoms with Crippen LogP contribution in [0.2, 0.25) is 0 Å². The third-order valence-electron chi connectivity index (χ3n) is 15.5. The van der Waals surface area contributed by atoms with Gasteiger partial charge in [-0.2, -0.15) is 0 Å². The van der Waals surface area contributed by atoms with Crippen LogP contribution >= 0.6 is 31.7 Å². The number of furan rings is 2. The van der Waals surface area contributed by atoms with Crippen LogP contribution in [0.25, 0.3) is 43.9 Å². The molecule has 0 saturated carbocycles. The third-order valence-corrected chi connectivity index (χ3v) is 28.6. The quantitative estimate of drug-likeness (QED) is 0.0498. The van der Waals surface area contributed by atoms with Gasteiger partial charge in [-0.1, -0.05) is 194 Å². The largest absolute Gasteiger partial charge is 1.00 e. The maximum atomic E-state index is 7.09. The molecule has 14 rings (SSSR count). The minimum atomic E-state index is -0.847. The summed E-state index contributed by atoms with van der Waals surface area (Å²) in [5.74, 6) is 10.6. The molecular formula is C83H62Au4O2P4+4. The van der Waals surface area contributed by atoms with Crippen molar-refractivity contribution in [3.8, 4) is 23.7 Å². The second kappa shape index (κ2) is 37.9. The van der Waals surface area contributed by atoms with E-state index in [1.54, 1.807) is 24.3 Å². The fourth-order valence-electron chi connectivity index (χ4n) is 11.1. The summed E-state index contributed by atoms with van der Waals surface area (Å²) in [7, 11) is -3.26. The van der Waals surface area contributed by atoms with Gasteiger partial charge in [0.1, 0.15) is 71.7 Å². The summed E-state index contributed by atoms with van der Waals surface area (Å²) >= 11 is 0. The van der Waals surface area contributed by atoms with Crippen molar-refractivity contribution < 1.29 is 98.4 Å². The Balaban J connectivity index is 0.000000177. The Morgan fingerprint density at radius 2 is 0.398 bits per heavy atom. The zero-order chi connectivity index (χ0) is 61.0. The maximum Gasteiger partial charge on any atom is 1.00 e. The number of rotatable bonds is 13. The summed E-state index contributed by atoms with van der Waals surface area (Å²) in [6.45, 7) is 0. The molecule has 0 radical (unpaired) electrons. The van der Waals surface area contributed by atoms with Gasteiger partial charge >= 0.3 is 89.5 Å². The van der Waals surface area contributed by atoms with Gasteiger partial charge in [-0.25, -0.2) is 0 Å². The first-order valence-corrected chi connectivity index (χ1v) is 36.3. The van der Waals surface area contributed by atoms with Crippen molar-refractivity contribution in [1.82, 2.24) is 0 Å². The van der Waals surface area contributed by atoms with Gasteiger partial charge in [-0.3, -0.25) is 23.7 Å². The van der Waals surface area contributed by atoms with Crippen molar-refractivity contribution in [1.29, 1.82) is 0 Å². The molecular weight excluding hydrogens is 1940 g/mol. The van der Waals surface area contributed by atoms with Crippen LogP contribution in [0.1, 0.15) is 22.3 Å². The summed E-state index contributed by atoms with van der Waals surface area (Å²) in [6, 6.07) is 111. The fourth-order valence-corrected chi connectivity index (χ4v) is 25.0. The molecule has 14 aromatic rings. The first kappa shape index (κ1) is 73.6. The van der Waals surface area contributed by atoms with Crippen molar-refractivity contribution in [3.63, 3.8) is 0 Å². The molecule has 0 bridgehead atoms. The van der Waals surface area contributed by atoms with Crippen molar-refractivity contribution >= 4 is 118 Å². The van der Waals surface area contributed by atoms with Gasteiger partial charge in [-0.15, -0.1) is 46.5 Å². The standard InChI is InChI=1S/C26H24P2.C25H22P2.2C16H6O.4Au/c1-5-13-23(14-6-1)27(24-15-7-2-8-16-24)21-22-28(25-17-9-3-10-18-25)26-19-11-4-12-20-26;1-5-13-22(14-6-1)26(23-15-7-2-8-16-23)21-27(24-17-9-3-10-18-24)25-19-11-4-12-20-25;2*1-3-11-5-7-13-14-8-6-12(4-2)10-16(14)17-15(13)9-11;;;;/h1-20H,21-22H2;1-20H,21H2;2*5-10H;;;;/q;;2*-2;4*+1/p+4. The van der Waals surface area contributed by atoms with Crippen molar-refractivity contribution in [3.05, 3.63) is 363 Å². The van der Waals surface area contributed by atoms with Gasteiger partial charge < -0.3 is 34.5 Å². The number of benzene rings is 12. The molecule has 2 heterocycles. The number of hydrogen-bond acceptors (Lipinski definition) is 2. The third kappa shape index (κ3) is 19.4. The van der Waals surface area contributed by atoms with Crippen LogP contribution in [0.4, 0.5) is 0 Å². The monoisotopic (exact) mass is 2000 g/mol. The van der Waals surface area contributed by atoms with Gasteiger partial charge in [0.05, 0.1) is 37.1 Å². The molecule has 0 saturated heterocycles. The average molecular weight is 2000 g/mol. The first-order chi connectivity index (χ1) is 44.0. The SMILES string of the molecule is [Au+].[Au+].[Au+].[Au+].[C-]#Cc1ccc2c(c1)oc1cc(C#[C-])ccc12.[C-]#Cc1ccc2c(c1)oc1cc(C#[C-])ccc12.c1ccc([PH+](CC[PH+](c2ccccc2)c2ccccc2)c2ccccc2)cc1.c1ccc([PH+](C[PH+](c2ccccc2)c2ccccc2)c2ccccc2)cc1. The predicted molar refractivity (Wildman–Crippen MR) is 389 cm³/mol. The van der Waals surface area contributed by atoms with E-state index in [9.17, 15) is 0 Å². The Morgan fingerprint density at radius 1 is 0.226 bits per heavy atom. The van der Waals surface area contributed by atoms with Crippen molar-refractivity contribution in [2.75, 3.05) is 18.2 Å². The van der Waals surface area contributed by atoms with Gasteiger partial charge in [0.2, 0.25) is 0 Å². The molecule has 12 aromatic carbocycles. The molecule has 93 heavy (non-hydrogen) atoms. The predicted octanol–water partition coefficient (Wildman–Crippen LogP) is 16.3. The Kier molecular flexibility index (Phi) is 30.0. The summed E-state index contributed by atoms with van der Waals surface area (Å²) in [5, 5.41) is 16.1. The number of hydrogen-bond donors (Lipinski definition) is 0. The van der Waals surface area contributed by atoms with E-state index >= 15 is 0 Å². The van der Waals surface area contributed by atoms with Crippen molar-refractivity contribution in [2.24, 2.45) is 0 Å². The molecule has 0 unspecified atom stereocenters. The Bertz CT molecular complexity index is 4160. The minimum absolute atomic E-state index is 0. The Hall–Kier alpha value is -6.84. The zero-order valence-corrected chi connectivity index (χ0v) is 62.8. The summed E-state index contributed by atoms with van der Waals surface area (Å²) in [5.41, 5.74) is 5.70. The molecule has 0 amide bonds. The van der Waals surface area contributed by atoms with E-state index in [1.807, 2.05) is 48.5 Å². The van der Waals surface area contributed by atoms with E-state index in [-0.39, 0.29) is 89.5 Å². The van der Waals surface area contributed by atoms with Crippen molar-refractivity contribution in [2.45, 2.75) is 0 Å². The molecule has 0 atom stereocenters. The van der Waals surface area contributed by atoms with Gasteiger partial charge in [0, 0.05) is 21.5 Å². The van der Waals surface area contributed by atoms with Gasteiger partial charge in [0.25, 0.3) is 0 Å². The molecule has 0 aliphatic carbocycles. The van der Waals surface area contributed by atoms with Crippen LogP contribution < -0.4 is 42.4 Å². The smallest absolute Gasteiger partial charge is 0.459 e. The molecule has 0 aliphatic rings. The molecule has 2 nitrogen and oxygen atoms in total. The molecule has 0 aliphatic heterocycles. The zero-order valence-electron chi connectivity index (χ0n) is 50.2. The average Bonchev–Trinajstić information content (AvgIpc) is 1.66. The molecule has 0 fully saturated rings. The van der Waals surface area contributed by atoms with Crippen LogP contribution in [0.5, 0.6) is 0 Å². The van der Waals surface area contributed by atoms with Crippen LogP contribution in [0, 0.1) is 49.4 Å². The molecule has 466 valence electrons. The Labute approximate surface area is 615 Å². The summed E-state index contributed by atoms with van der Waals surface area (Å²) < 4.78 is 11.4. The van der Waals surface area contributed by atoms with E-state index in [1.165, 1.54) is 60.7 Å². The molecule has 0 spiro atoms. The van der Waals surface area contributed by atoms with E-state index in [0.29, 0.717) is 22.3 Å². The second-order valence-corrected chi connectivity index (χ2v) is 31.9. The number of fused-ring (bicyclic) bond motifs is 6. The van der Waals surface area contributed by atoms with Gasteiger partial charge in [-0.05, 0) is 97.1 Å². The normalized spacial score (nSPS) is 10.3. The Morgan fingerprint density at radius 3 is 0.570 bits per heavy atom. The topological polar surface area (TPSA) is 26.3 Å². The van der Waals surface area contributed by atoms with Gasteiger partial charge in [0.15, 0.2) is 5.90 Å². The van der Waals surface area contributed by atoms with Crippen LogP contribution in [0.3, 0.4) is 0 Å². The maximum absolute atomic E-state index is 7.09. The van der Waals surface area contributed by atoms with Crippen LogP contribution in [-0.2, 0) is 89.5 Å². The van der Waals surface area contributed by atoms with E-state index < -0.39 is 31.7 Å². The van der Waals surface area contributed by atoms with Crippen LogP contribution in [0.15, 0.2) is 324 Å². The first-order valence-electron chi connectivity index (χ1n) is 29.5. The summed E-state index contributed by atoms with van der Waals surface area (Å²) in [4.78, 5) is 0. The van der Waals surface area contributed by atoms with E-state index in [0.717, 1.165) is 43.9 Å². The van der Waals surface area contributed by atoms with E-state index in [4.69, 9.17) is 34.5 Å². The second-order valence-electron chi connectivity index (χ2n) is 21.1. The molecule has 10 heteroatoms. The molecule has 0 N–H and O–H groups in total. The summed E-state index contributed by atoms with van der Waals surface area (Å²) in [6.07, 6.45) is 30.9. The minimum Gasteiger partial charge on any atom is -0.459 e. The molecule has 2 aromatic heterocycles. The van der Waals surface area contributed by atoms with Crippen LogP contribution in [-0.4, -0.2) is 18.2 Å².